The lowest BCUT2D eigenvalue weighted by Crippen LogP contribution is -2.32. The second-order valence-corrected chi connectivity index (χ2v) is 6.88. The van der Waals surface area contributed by atoms with Crippen LogP contribution >= 0.6 is 11.6 Å². The smallest absolute Gasteiger partial charge is 0.312 e. The van der Waals surface area contributed by atoms with Crippen molar-refractivity contribution in [3.8, 4) is 5.75 Å². The van der Waals surface area contributed by atoms with E-state index in [1.165, 1.54) is 18.2 Å². The number of hydrogen-bond acceptors (Lipinski definition) is 5. The fraction of sp³-hybridized carbons (Fsp3) is 0.316. The van der Waals surface area contributed by atoms with Crippen molar-refractivity contribution in [3.05, 3.63) is 69.2 Å². The van der Waals surface area contributed by atoms with Crippen LogP contribution < -0.4 is 10.5 Å². The Morgan fingerprint density at radius 2 is 2.00 bits per heavy atom. The number of benzene rings is 2. The minimum atomic E-state index is -0.563. The third kappa shape index (κ3) is 4.56. The lowest BCUT2D eigenvalue weighted by atomic mass is 9.95. The summed E-state index contributed by atoms with van der Waals surface area (Å²) in [7, 11) is 0. The van der Waals surface area contributed by atoms with Crippen LogP contribution in [0.3, 0.4) is 0 Å². The van der Waals surface area contributed by atoms with Crippen LogP contribution in [-0.4, -0.2) is 41.5 Å². The first-order valence-corrected chi connectivity index (χ1v) is 8.98. The SMILES string of the molecule is N[C@@H]1CN(C(=O)CCOc2ccc(Cl)cc2[N+](=O)[O-])C[C@H]1c1ccccc1. The van der Waals surface area contributed by atoms with E-state index in [1.54, 1.807) is 4.90 Å². The van der Waals surface area contributed by atoms with Crippen LogP contribution in [0.1, 0.15) is 17.9 Å². The van der Waals surface area contributed by atoms with Gasteiger partial charge in [-0.15, -0.1) is 0 Å². The van der Waals surface area contributed by atoms with Crippen molar-refractivity contribution in [3.63, 3.8) is 0 Å². The molecule has 2 atom stereocenters. The van der Waals surface area contributed by atoms with Crippen molar-refractivity contribution in [1.29, 1.82) is 0 Å². The average Bonchev–Trinajstić information content (AvgIpc) is 3.05. The van der Waals surface area contributed by atoms with Gasteiger partial charge in [-0.05, 0) is 17.7 Å². The van der Waals surface area contributed by atoms with Gasteiger partial charge in [-0.1, -0.05) is 41.9 Å². The Hall–Kier alpha value is -2.64. The summed E-state index contributed by atoms with van der Waals surface area (Å²) >= 11 is 5.78. The van der Waals surface area contributed by atoms with Crippen LogP contribution in [0, 0.1) is 10.1 Å². The van der Waals surface area contributed by atoms with Crippen molar-refractivity contribution < 1.29 is 14.5 Å². The molecule has 0 spiro atoms. The van der Waals surface area contributed by atoms with Crippen LogP contribution in [0.2, 0.25) is 5.02 Å². The first kappa shape index (κ1) is 19.1. The van der Waals surface area contributed by atoms with Gasteiger partial charge >= 0.3 is 5.69 Å². The normalized spacial score (nSPS) is 19.1. The molecule has 3 rings (SSSR count). The maximum absolute atomic E-state index is 12.5. The van der Waals surface area contributed by atoms with Gasteiger partial charge in [-0.3, -0.25) is 14.9 Å². The molecule has 1 amide bonds. The second-order valence-electron chi connectivity index (χ2n) is 6.45. The third-order valence-electron chi connectivity index (χ3n) is 4.64. The first-order valence-electron chi connectivity index (χ1n) is 8.60. The van der Waals surface area contributed by atoms with Crippen molar-refractivity contribution >= 4 is 23.2 Å². The third-order valence-corrected chi connectivity index (χ3v) is 4.87. The van der Waals surface area contributed by atoms with Gasteiger partial charge in [-0.25, -0.2) is 0 Å². The van der Waals surface area contributed by atoms with Gasteiger partial charge in [0.1, 0.15) is 0 Å². The Morgan fingerprint density at radius 1 is 1.26 bits per heavy atom. The molecule has 7 nitrogen and oxygen atoms in total. The van der Waals surface area contributed by atoms with Crippen LogP contribution in [0.25, 0.3) is 0 Å². The number of nitrogens with zero attached hydrogens (tertiary/aromatic N) is 2. The van der Waals surface area contributed by atoms with Crippen molar-refractivity contribution in [2.24, 2.45) is 5.73 Å². The quantitative estimate of drug-likeness (QED) is 0.604. The standard InChI is InChI=1S/C19H20ClN3O4/c20-14-6-7-18(17(10-14)23(25)26)27-9-8-19(24)22-11-15(16(21)12-22)13-4-2-1-3-5-13/h1-7,10,15-16H,8-9,11-12,21H2/t15-,16+/m0/s1. The molecule has 0 saturated carbocycles. The topological polar surface area (TPSA) is 98.7 Å². The van der Waals surface area contributed by atoms with Gasteiger partial charge in [0, 0.05) is 36.1 Å². The summed E-state index contributed by atoms with van der Waals surface area (Å²) in [6, 6.07) is 13.9. The summed E-state index contributed by atoms with van der Waals surface area (Å²) < 4.78 is 5.44. The van der Waals surface area contributed by atoms with E-state index in [0.717, 1.165) is 5.56 Å². The number of nitro benzene ring substituents is 1. The summed E-state index contributed by atoms with van der Waals surface area (Å²) in [4.78, 5) is 24.7. The van der Waals surface area contributed by atoms with Crippen LogP contribution in [-0.2, 0) is 4.79 Å². The molecule has 0 radical (unpaired) electrons. The fourth-order valence-electron chi connectivity index (χ4n) is 3.25. The van der Waals surface area contributed by atoms with Gasteiger partial charge in [0.05, 0.1) is 18.0 Å². The van der Waals surface area contributed by atoms with Crippen molar-refractivity contribution in [1.82, 2.24) is 4.90 Å². The molecule has 0 bridgehead atoms. The summed E-state index contributed by atoms with van der Waals surface area (Å²) in [5.41, 5.74) is 7.11. The minimum absolute atomic E-state index is 0.0447. The molecule has 2 aromatic carbocycles. The van der Waals surface area contributed by atoms with E-state index in [4.69, 9.17) is 22.1 Å². The van der Waals surface area contributed by atoms with E-state index in [-0.39, 0.29) is 47.4 Å². The van der Waals surface area contributed by atoms with E-state index in [2.05, 4.69) is 0 Å². The number of nitro groups is 1. The predicted molar refractivity (Wildman–Crippen MR) is 102 cm³/mol. The van der Waals surface area contributed by atoms with Crippen LogP contribution in [0.5, 0.6) is 5.75 Å². The molecule has 0 aromatic heterocycles. The Morgan fingerprint density at radius 3 is 2.70 bits per heavy atom. The van der Waals surface area contributed by atoms with Gasteiger partial charge in [0.15, 0.2) is 5.75 Å². The molecule has 8 heteroatoms. The molecular weight excluding hydrogens is 370 g/mol. The van der Waals surface area contributed by atoms with Crippen molar-refractivity contribution in [2.45, 2.75) is 18.4 Å². The maximum atomic E-state index is 12.5. The highest BCUT2D eigenvalue weighted by atomic mass is 35.5. The van der Waals surface area contributed by atoms with E-state index >= 15 is 0 Å². The van der Waals surface area contributed by atoms with E-state index < -0.39 is 4.92 Å². The van der Waals surface area contributed by atoms with Gasteiger partial charge in [0.25, 0.3) is 0 Å². The molecule has 2 aromatic rings. The monoisotopic (exact) mass is 389 g/mol. The summed E-state index contributed by atoms with van der Waals surface area (Å²) in [5, 5.41) is 11.3. The molecule has 1 fully saturated rings. The lowest BCUT2D eigenvalue weighted by Gasteiger charge is -2.16. The highest BCUT2D eigenvalue weighted by Crippen LogP contribution is 2.30. The Balaban J connectivity index is 1.56. The number of hydrogen-bond donors (Lipinski definition) is 1. The Kier molecular flexibility index (Phi) is 5.93. The summed E-state index contributed by atoms with van der Waals surface area (Å²) in [5.74, 6) is 0.117. The maximum Gasteiger partial charge on any atom is 0.312 e. The number of amides is 1. The first-order chi connectivity index (χ1) is 13.0. The number of halogens is 1. The fourth-order valence-corrected chi connectivity index (χ4v) is 3.41. The van der Waals surface area contributed by atoms with E-state index in [9.17, 15) is 14.9 Å². The minimum Gasteiger partial charge on any atom is -0.486 e. The lowest BCUT2D eigenvalue weighted by molar-refractivity contribution is -0.385. The van der Waals surface area contributed by atoms with E-state index in [1.807, 2.05) is 30.3 Å². The molecule has 1 aliphatic rings. The number of carbonyl (C=O) groups excluding carboxylic acids is 1. The molecular formula is C19H20ClN3O4. The molecule has 0 aliphatic carbocycles. The second kappa shape index (κ2) is 8.37. The summed E-state index contributed by atoms with van der Waals surface area (Å²) in [6.07, 6.45) is 0.119. The van der Waals surface area contributed by atoms with Gasteiger partial charge in [-0.2, -0.15) is 0 Å². The zero-order valence-corrected chi connectivity index (χ0v) is 15.3. The number of nitrogens with two attached hydrogens (primary N) is 1. The summed E-state index contributed by atoms with van der Waals surface area (Å²) in [6.45, 7) is 1.09. The zero-order chi connectivity index (χ0) is 19.4. The van der Waals surface area contributed by atoms with Gasteiger partial charge in [0.2, 0.25) is 5.91 Å². The molecule has 142 valence electrons. The van der Waals surface area contributed by atoms with E-state index in [0.29, 0.717) is 13.1 Å². The Labute approximate surface area is 161 Å². The highest BCUT2D eigenvalue weighted by molar-refractivity contribution is 6.30. The zero-order valence-electron chi connectivity index (χ0n) is 14.6. The van der Waals surface area contributed by atoms with Crippen LogP contribution in [0.4, 0.5) is 5.69 Å². The van der Waals surface area contributed by atoms with Gasteiger partial charge < -0.3 is 15.4 Å². The number of carbonyl (C=O) groups is 1. The van der Waals surface area contributed by atoms with Crippen LogP contribution in [0.15, 0.2) is 48.5 Å². The molecule has 1 saturated heterocycles. The van der Waals surface area contributed by atoms with Crippen molar-refractivity contribution in [2.75, 3.05) is 19.7 Å². The highest BCUT2D eigenvalue weighted by Gasteiger charge is 2.33. The molecule has 1 aliphatic heterocycles. The molecule has 27 heavy (non-hydrogen) atoms. The number of ether oxygens (including phenoxy) is 1. The Bertz CT molecular complexity index is 831. The number of likely N-dealkylation sites (tertiary alicyclic amines) is 1. The largest absolute Gasteiger partial charge is 0.486 e. The molecule has 1 heterocycles. The predicted octanol–water partition coefficient (Wildman–Crippen LogP) is 2.97. The molecule has 0 unspecified atom stereocenters. The number of rotatable bonds is 6. The molecule has 2 N–H and O–H groups in total. The average molecular weight is 390 g/mol.